The predicted molar refractivity (Wildman–Crippen MR) is 75.1 cm³/mol. The first-order chi connectivity index (χ1) is 9.24. The average molecular weight is 263 g/mol. The van der Waals surface area contributed by atoms with E-state index in [0.717, 1.165) is 37.4 Å². The quantitative estimate of drug-likeness (QED) is 0.748. The standard InChI is InChI=1S/C13H21N5O/c1-2-5-15-11-7-12(18-13(14)17-11)16-9-6-8-3-4-10(9)19-8/h7-10H,2-6H2,1H3,(H4,14,15,16,17,18). The van der Waals surface area contributed by atoms with Crippen molar-refractivity contribution >= 4 is 17.6 Å². The van der Waals surface area contributed by atoms with Gasteiger partial charge in [0.1, 0.15) is 11.6 Å². The molecule has 104 valence electrons. The maximum Gasteiger partial charge on any atom is 0.223 e. The number of nitrogens with one attached hydrogen (secondary N) is 2. The highest BCUT2D eigenvalue weighted by atomic mass is 16.5. The van der Waals surface area contributed by atoms with E-state index in [0.29, 0.717) is 24.2 Å². The molecule has 0 spiro atoms. The van der Waals surface area contributed by atoms with E-state index in [1.165, 1.54) is 6.42 Å². The number of nitrogen functional groups attached to an aromatic ring is 1. The summed E-state index contributed by atoms with van der Waals surface area (Å²) in [6, 6.07) is 2.27. The van der Waals surface area contributed by atoms with E-state index in [1.54, 1.807) is 0 Å². The molecule has 2 saturated heterocycles. The van der Waals surface area contributed by atoms with Gasteiger partial charge in [-0.05, 0) is 25.7 Å². The van der Waals surface area contributed by atoms with E-state index in [1.807, 2.05) is 6.07 Å². The Hall–Kier alpha value is -1.56. The largest absolute Gasteiger partial charge is 0.373 e. The summed E-state index contributed by atoms with van der Waals surface area (Å²) in [4.78, 5) is 8.43. The summed E-state index contributed by atoms with van der Waals surface area (Å²) in [5, 5.41) is 6.67. The SMILES string of the molecule is CCCNc1cc(NC2CC3CCC2O3)nc(N)n1. The van der Waals surface area contributed by atoms with Gasteiger partial charge in [-0.25, -0.2) is 0 Å². The van der Waals surface area contributed by atoms with Gasteiger partial charge in [0.25, 0.3) is 0 Å². The third-order valence-corrected chi connectivity index (χ3v) is 3.74. The van der Waals surface area contributed by atoms with Gasteiger partial charge in [0, 0.05) is 12.6 Å². The Labute approximate surface area is 113 Å². The Morgan fingerprint density at radius 2 is 2.21 bits per heavy atom. The van der Waals surface area contributed by atoms with Crippen molar-refractivity contribution in [2.45, 2.75) is 50.9 Å². The summed E-state index contributed by atoms with van der Waals surface area (Å²) in [6.45, 7) is 3.00. The van der Waals surface area contributed by atoms with E-state index < -0.39 is 0 Å². The molecule has 2 fully saturated rings. The molecule has 19 heavy (non-hydrogen) atoms. The molecule has 1 aromatic rings. The minimum Gasteiger partial charge on any atom is -0.373 e. The average Bonchev–Trinajstić information content (AvgIpc) is 2.98. The zero-order chi connectivity index (χ0) is 13.2. The topological polar surface area (TPSA) is 85.1 Å². The van der Waals surface area contributed by atoms with Gasteiger partial charge in [-0.2, -0.15) is 9.97 Å². The van der Waals surface area contributed by atoms with E-state index in [-0.39, 0.29) is 0 Å². The van der Waals surface area contributed by atoms with Crippen LogP contribution < -0.4 is 16.4 Å². The van der Waals surface area contributed by atoms with E-state index >= 15 is 0 Å². The molecule has 2 aliphatic heterocycles. The molecular weight excluding hydrogens is 242 g/mol. The third kappa shape index (κ3) is 2.73. The maximum atomic E-state index is 5.83. The minimum atomic E-state index is 0.299. The molecule has 0 saturated carbocycles. The predicted octanol–water partition coefficient (Wildman–Crippen LogP) is 1.61. The molecule has 2 aliphatic rings. The summed E-state index contributed by atoms with van der Waals surface area (Å²) >= 11 is 0. The number of hydrogen-bond acceptors (Lipinski definition) is 6. The molecule has 0 amide bonds. The molecule has 3 unspecified atom stereocenters. The van der Waals surface area contributed by atoms with Crippen LogP contribution in [0.3, 0.4) is 0 Å². The number of nitrogens with zero attached hydrogens (tertiary/aromatic N) is 2. The van der Waals surface area contributed by atoms with E-state index in [9.17, 15) is 0 Å². The zero-order valence-corrected chi connectivity index (χ0v) is 11.2. The van der Waals surface area contributed by atoms with Gasteiger partial charge in [0.15, 0.2) is 0 Å². The highest BCUT2D eigenvalue weighted by molar-refractivity contribution is 5.51. The first-order valence-electron chi connectivity index (χ1n) is 7.05. The molecule has 3 rings (SSSR count). The fraction of sp³-hybridized carbons (Fsp3) is 0.692. The van der Waals surface area contributed by atoms with Gasteiger partial charge in [-0.15, -0.1) is 0 Å². The molecule has 2 bridgehead atoms. The number of ether oxygens (including phenoxy) is 1. The minimum absolute atomic E-state index is 0.299. The van der Waals surface area contributed by atoms with Crippen molar-refractivity contribution < 1.29 is 4.74 Å². The van der Waals surface area contributed by atoms with Crippen LogP contribution in [-0.2, 0) is 4.74 Å². The van der Waals surface area contributed by atoms with Crippen molar-refractivity contribution in [1.82, 2.24) is 9.97 Å². The molecule has 6 heteroatoms. The summed E-state index contributed by atoms with van der Waals surface area (Å²) in [5.74, 6) is 1.86. The second-order valence-electron chi connectivity index (χ2n) is 5.28. The Morgan fingerprint density at radius 3 is 2.89 bits per heavy atom. The van der Waals surface area contributed by atoms with Crippen LogP contribution in [0.15, 0.2) is 6.07 Å². The van der Waals surface area contributed by atoms with E-state index in [4.69, 9.17) is 10.5 Å². The number of aromatic nitrogens is 2. The van der Waals surface area contributed by atoms with Gasteiger partial charge in [0.05, 0.1) is 18.2 Å². The molecule has 3 heterocycles. The Balaban J connectivity index is 1.68. The lowest BCUT2D eigenvalue weighted by atomic mass is 9.95. The van der Waals surface area contributed by atoms with Gasteiger partial charge in [-0.1, -0.05) is 6.92 Å². The van der Waals surface area contributed by atoms with Gasteiger partial charge in [-0.3, -0.25) is 0 Å². The number of anilines is 3. The monoisotopic (exact) mass is 263 g/mol. The van der Waals surface area contributed by atoms with Crippen molar-refractivity contribution in [3.63, 3.8) is 0 Å². The fourth-order valence-electron chi connectivity index (χ4n) is 2.86. The summed E-state index contributed by atoms with van der Waals surface area (Å²) in [6.07, 6.45) is 5.20. The van der Waals surface area contributed by atoms with Crippen LogP contribution in [0.2, 0.25) is 0 Å². The molecular formula is C13H21N5O. The second-order valence-corrected chi connectivity index (χ2v) is 5.28. The third-order valence-electron chi connectivity index (χ3n) is 3.74. The molecule has 0 aliphatic carbocycles. The van der Waals surface area contributed by atoms with Crippen molar-refractivity contribution in [2.75, 3.05) is 22.9 Å². The highest BCUT2D eigenvalue weighted by Crippen LogP contribution is 2.35. The zero-order valence-electron chi connectivity index (χ0n) is 11.2. The van der Waals surface area contributed by atoms with Crippen LogP contribution >= 0.6 is 0 Å². The molecule has 0 aromatic carbocycles. The number of hydrogen-bond donors (Lipinski definition) is 3. The van der Waals surface area contributed by atoms with Crippen molar-refractivity contribution in [3.05, 3.63) is 6.07 Å². The second kappa shape index (κ2) is 5.21. The lowest BCUT2D eigenvalue weighted by Gasteiger charge is -2.21. The highest BCUT2D eigenvalue weighted by Gasteiger charge is 2.40. The molecule has 6 nitrogen and oxygen atoms in total. The molecule has 4 N–H and O–H groups in total. The van der Waals surface area contributed by atoms with Gasteiger partial charge >= 0.3 is 0 Å². The molecule has 1 aromatic heterocycles. The van der Waals surface area contributed by atoms with Crippen LogP contribution in [0.25, 0.3) is 0 Å². The number of fused-ring (bicyclic) bond motifs is 2. The van der Waals surface area contributed by atoms with Crippen molar-refractivity contribution in [1.29, 1.82) is 0 Å². The van der Waals surface area contributed by atoms with Crippen LogP contribution in [0.5, 0.6) is 0 Å². The lowest BCUT2D eigenvalue weighted by Crippen LogP contribution is -2.31. The fourth-order valence-corrected chi connectivity index (χ4v) is 2.86. The van der Waals surface area contributed by atoms with Crippen LogP contribution in [-0.4, -0.2) is 34.8 Å². The molecule has 0 radical (unpaired) electrons. The summed E-state index contributed by atoms with van der Waals surface area (Å²) in [5.41, 5.74) is 5.75. The Bertz CT molecular complexity index is 453. The normalized spacial score (nSPS) is 28.6. The Morgan fingerprint density at radius 1 is 1.37 bits per heavy atom. The summed E-state index contributed by atoms with van der Waals surface area (Å²) < 4.78 is 5.83. The van der Waals surface area contributed by atoms with Crippen LogP contribution in [0.4, 0.5) is 17.6 Å². The van der Waals surface area contributed by atoms with Gasteiger partial charge < -0.3 is 21.1 Å². The first-order valence-corrected chi connectivity index (χ1v) is 7.05. The Kier molecular flexibility index (Phi) is 3.42. The first kappa shape index (κ1) is 12.5. The number of rotatable bonds is 5. The smallest absolute Gasteiger partial charge is 0.223 e. The lowest BCUT2D eigenvalue weighted by molar-refractivity contribution is 0.102. The maximum absolute atomic E-state index is 5.83. The van der Waals surface area contributed by atoms with Crippen molar-refractivity contribution in [3.8, 4) is 0 Å². The summed E-state index contributed by atoms with van der Waals surface area (Å²) in [7, 11) is 0. The van der Waals surface area contributed by atoms with Gasteiger partial charge in [0.2, 0.25) is 5.95 Å². The number of nitrogens with two attached hydrogens (primary N) is 1. The van der Waals surface area contributed by atoms with Crippen molar-refractivity contribution in [2.24, 2.45) is 0 Å². The van der Waals surface area contributed by atoms with Crippen LogP contribution in [0, 0.1) is 0 Å². The van der Waals surface area contributed by atoms with E-state index in [2.05, 4.69) is 27.5 Å². The molecule has 3 atom stereocenters. The van der Waals surface area contributed by atoms with Crippen LogP contribution in [0.1, 0.15) is 32.6 Å².